The number of aromatic nitrogens is 3. The second-order valence-corrected chi connectivity index (χ2v) is 3.00. The molecule has 0 bridgehead atoms. The minimum Gasteiger partial charge on any atom is -0.469 e. The minimum absolute atomic E-state index is 0.228. The van der Waals surface area contributed by atoms with Crippen molar-refractivity contribution in [3.05, 3.63) is 11.9 Å². The van der Waals surface area contributed by atoms with Crippen molar-refractivity contribution in [2.45, 2.75) is 18.9 Å². The molecule has 2 N–H and O–H groups in total. The summed E-state index contributed by atoms with van der Waals surface area (Å²) in [6, 6.07) is -0.228. The molecule has 0 saturated carbocycles. The van der Waals surface area contributed by atoms with E-state index in [1.807, 2.05) is 0 Å². The molecule has 1 unspecified atom stereocenters. The van der Waals surface area contributed by atoms with Gasteiger partial charge in [-0.3, -0.25) is 9.48 Å². The predicted molar refractivity (Wildman–Crippen MR) is 49.2 cm³/mol. The standard InChI is InChI=1S/C8H14N4O2/c1-12-7(5-10-11-12)6(9)3-4-8(13)14-2/h5-6H,3-4,9H2,1-2H3. The van der Waals surface area contributed by atoms with Gasteiger partial charge in [0, 0.05) is 19.5 Å². The van der Waals surface area contributed by atoms with E-state index in [1.54, 1.807) is 17.9 Å². The van der Waals surface area contributed by atoms with Crippen molar-refractivity contribution in [1.29, 1.82) is 0 Å². The highest BCUT2D eigenvalue weighted by Gasteiger charge is 2.12. The lowest BCUT2D eigenvalue weighted by Gasteiger charge is -2.09. The van der Waals surface area contributed by atoms with Gasteiger partial charge in [-0.2, -0.15) is 0 Å². The average molecular weight is 198 g/mol. The Morgan fingerprint density at radius 3 is 3.00 bits per heavy atom. The SMILES string of the molecule is COC(=O)CCC(N)c1cnnn1C. The fourth-order valence-electron chi connectivity index (χ4n) is 1.16. The number of aryl methyl sites for hydroxylation is 1. The largest absolute Gasteiger partial charge is 0.469 e. The van der Waals surface area contributed by atoms with Crippen LogP contribution in [0.5, 0.6) is 0 Å². The Hall–Kier alpha value is -1.43. The fraction of sp³-hybridized carbons (Fsp3) is 0.625. The van der Waals surface area contributed by atoms with E-state index in [1.165, 1.54) is 7.11 Å². The predicted octanol–water partition coefficient (Wildman–Crippen LogP) is -0.232. The first-order valence-electron chi connectivity index (χ1n) is 4.32. The number of rotatable bonds is 4. The summed E-state index contributed by atoms with van der Waals surface area (Å²) in [7, 11) is 3.12. The van der Waals surface area contributed by atoms with Gasteiger partial charge in [-0.15, -0.1) is 5.10 Å². The third kappa shape index (κ3) is 2.53. The Morgan fingerprint density at radius 1 is 1.79 bits per heavy atom. The van der Waals surface area contributed by atoms with Crippen LogP contribution < -0.4 is 5.73 Å². The zero-order valence-corrected chi connectivity index (χ0v) is 8.30. The monoisotopic (exact) mass is 198 g/mol. The first-order valence-corrected chi connectivity index (χ1v) is 4.32. The Morgan fingerprint density at radius 2 is 2.50 bits per heavy atom. The highest BCUT2D eigenvalue weighted by atomic mass is 16.5. The zero-order valence-electron chi connectivity index (χ0n) is 8.30. The summed E-state index contributed by atoms with van der Waals surface area (Å²) >= 11 is 0. The van der Waals surface area contributed by atoms with Crippen LogP contribution in [0.25, 0.3) is 0 Å². The van der Waals surface area contributed by atoms with Crippen molar-refractivity contribution in [1.82, 2.24) is 15.0 Å². The van der Waals surface area contributed by atoms with Crippen molar-refractivity contribution in [3.63, 3.8) is 0 Å². The summed E-state index contributed by atoms with van der Waals surface area (Å²) in [6.07, 6.45) is 2.44. The first-order chi connectivity index (χ1) is 6.65. The Bertz CT molecular complexity index is 310. The maximum Gasteiger partial charge on any atom is 0.305 e. The molecule has 6 nitrogen and oxygen atoms in total. The number of ether oxygens (including phenoxy) is 1. The van der Waals surface area contributed by atoms with E-state index < -0.39 is 0 Å². The molecule has 1 aromatic heterocycles. The molecule has 0 saturated heterocycles. The minimum atomic E-state index is -0.254. The second kappa shape index (κ2) is 4.71. The number of methoxy groups -OCH3 is 1. The normalized spacial score (nSPS) is 12.5. The van der Waals surface area contributed by atoms with Crippen molar-refractivity contribution >= 4 is 5.97 Å². The van der Waals surface area contributed by atoms with Crippen LogP contribution in [0.2, 0.25) is 0 Å². The quantitative estimate of drug-likeness (QED) is 0.675. The van der Waals surface area contributed by atoms with Gasteiger partial charge in [-0.1, -0.05) is 5.21 Å². The van der Waals surface area contributed by atoms with E-state index in [2.05, 4.69) is 15.0 Å². The van der Waals surface area contributed by atoms with E-state index in [-0.39, 0.29) is 12.0 Å². The number of nitrogens with two attached hydrogens (primary N) is 1. The molecule has 1 heterocycles. The van der Waals surface area contributed by atoms with Crippen LogP contribution in [0, 0.1) is 0 Å². The van der Waals surface area contributed by atoms with Crippen molar-refractivity contribution in [2.75, 3.05) is 7.11 Å². The van der Waals surface area contributed by atoms with Gasteiger partial charge in [-0.05, 0) is 6.42 Å². The van der Waals surface area contributed by atoms with Crippen LogP contribution in [0.4, 0.5) is 0 Å². The molecule has 0 spiro atoms. The van der Waals surface area contributed by atoms with Gasteiger partial charge in [0.1, 0.15) is 0 Å². The molecule has 1 rings (SSSR count). The molecule has 0 fully saturated rings. The molecule has 78 valence electrons. The van der Waals surface area contributed by atoms with Crippen molar-refractivity contribution < 1.29 is 9.53 Å². The van der Waals surface area contributed by atoms with Crippen LogP contribution >= 0.6 is 0 Å². The van der Waals surface area contributed by atoms with E-state index in [4.69, 9.17) is 5.73 Å². The van der Waals surface area contributed by atoms with Gasteiger partial charge in [0.15, 0.2) is 0 Å². The summed E-state index contributed by atoms with van der Waals surface area (Å²) in [5, 5.41) is 7.46. The third-order valence-corrected chi connectivity index (χ3v) is 2.02. The number of carbonyl (C=O) groups excluding carboxylic acids is 1. The Balaban J connectivity index is 2.47. The maximum absolute atomic E-state index is 10.9. The maximum atomic E-state index is 10.9. The van der Waals surface area contributed by atoms with Gasteiger partial charge < -0.3 is 10.5 Å². The van der Waals surface area contributed by atoms with Gasteiger partial charge in [-0.25, -0.2) is 0 Å². The highest BCUT2D eigenvalue weighted by Crippen LogP contribution is 2.13. The lowest BCUT2D eigenvalue weighted by Crippen LogP contribution is -2.16. The van der Waals surface area contributed by atoms with Gasteiger partial charge in [0.05, 0.1) is 19.0 Å². The fourth-order valence-corrected chi connectivity index (χ4v) is 1.16. The summed E-state index contributed by atoms with van der Waals surface area (Å²) in [5.41, 5.74) is 6.65. The van der Waals surface area contributed by atoms with Crippen molar-refractivity contribution in [3.8, 4) is 0 Å². The molecule has 0 aliphatic carbocycles. The molecule has 0 aliphatic heterocycles. The smallest absolute Gasteiger partial charge is 0.305 e. The Labute approximate surface area is 82.0 Å². The first kappa shape index (κ1) is 10.6. The van der Waals surface area contributed by atoms with Crippen LogP contribution in [0.1, 0.15) is 24.6 Å². The lowest BCUT2D eigenvalue weighted by molar-refractivity contribution is -0.140. The number of hydrogen-bond donors (Lipinski definition) is 1. The molecule has 0 radical (unpaired) electrons. The molecule has 0 amide bonds. The summed E-state index contributed by atoms with van der Waals surface area (Å²) in [5.74, 6) is -0.254. The highest BCUT2D eigenvalue weighted by molar-refractivity contribution is 5.69. The molecule has 0 aromatic carbocycles. The van der Waals surface area contributed by atoms with Crippen molar-refractivity contribution in [2.24, 2.45) is 12.8 Å². The number of hydrogen-bond acceptors (Lipinski definition) is 5. The van der Waals surface area contributed by atoms with Crippen LogP contribution in [0.3, 0.4) is 0 Å². The van der Waals surface area contributed by atoms with Gasteiger partial charge in [0.2, 0.25) is 0 Å². The van der Waals surface area contributed by atoms with Crippen LogP contribution in [0.15, 0.2) is 6.20 Å². The molecule has 14 heavy (non-hydrogen) atoms. The summed E-state index contributed by atoms with van der Waals surface area (Å²) < 4.78 is 6.11. The number of esters is 1. The molecule has 0 aliphatic rings. The van der Waals surface area contributed by atoms with Crippen LogP contribution in [-0.4, -0.2) is 28.1 Å². The molecular formula is C8H14N4O2. The molecular weight excluding hydrogens is 184 g/mol. The summed E-state index contributed by atoms with van der Waals surface area (Å²) in [6.45, 7) is 0. The second-order valence-electron chi connectivity index (χ2n) is 3.00. The summed E-state index contributed by atoms with van der Waals surface area (Å²) in [4.78, 5) is 10.9. The number of carbonyl (C=O) groups is 1. The van der Waals surface area contributed by atoms with Gasteiger partial charge in [0.25, 0.3) is 0 Å². The molecule has 1 aromatic rings. The van der Waals surface area contributed by atoms with Crippen LogP contribution in [-0.2, 0) is 16.6 Å². The van der Waals surface area contributed by atoms with E-state index in [0.29, 0.717) is 12.8 Å². The molecule has 1 atom stereocenters. The zero-order chi connectivity index (χ0) is 10.6. The van der Waals surface area contributed by atoms with Gasteiger partial charge >= 0.3 is 5.97 Å². The van der Waals surface area contributed by atoms with E-state index >= 15 is 0 Å². The topological polar surface area (TPSA) is 83.0 Å². The average Bonchev–Trinajstić information content (AvgIpc) is 2.60. The van der Waals surface area contributed by atoms with E-state index in [9.17, 15) is 4.79 Å². The molecule has 6 heteroatoms. The Kier molecular flexibility index (Phi) is 3.58. The third-order valence-electron chi connectivity index (χ3n) is 2.02. The van der Waals surface area contributed by atoms with E-state index in [0.717, 1.165) is 5.69 Å². The lowest BCUT2D eigenvalue weighted by atomic mass is 10.1. The number of nitrogens with zero attached hydrogens (tertiary/aromatic N) is 3.